The standard InChI is InChI=1S/C18H22N2O3S/c21-24(22,15-9-17-6-2-1-3-7-17)20-11-5-10-19(12-13-20)16-18-8-4-14-23-18/h1-4,6-9,14-15H,5,10-13,16H2/b15-9+. The third kappa shape index (κ3) is 4.56. The zero-order chi connectivity index (χ0) is 16.8. The predicted molar refractivity (Wildman–Crippen MR) is 94.6 cm³/mol. The highest BCUT2D eigenvalue weighted by Crippen LogP contribution is 2.14. The summed E-state index contributed by atoms with van der Waals surface area (Å²) < 4.78 is 32.0. The Labute approximate surface area is 143 Å². The summed E-state index contributed by atoms with van der Waals surface area (Å²) in [7, 11) is -3.39. The molecule has 0 bridgehead atoms. The van der Waals surface area contributed by atoms with Crippen molar-refractivity contribution in [2.75, 3.05) is 26.2 Å². The molecule has 1 saturated heterocycles. The number of nitrogens with zero attached hydrogens (tertiary/aromatic N) is 2. The third-order valence-electron chi connectivity index (χ3n) is 4.10. The summed E-state index contributed by atoms with van der Waals surface area (Å²) >= 11 is 0. The lowest BCUT2D eigenvalue weighted by Crippen LogP contribution is -2.33. The third-order valence-corrected chi connectivity index (χ3v) is 5.66. The molecule has 6 heteroatoms. The van der Waals surface area contributed by atoms with Gasteiger partial charge in [0, 0.05) is 25.0 Å². The molecule has 1 aromatic heterocycles. The van der Waals surface area contributed by atoms with Gasteiger partial charge in [0.05, 0.1) is 12.8 Å². The highest BCUT2D eigenvalue weighted by atomic mass is 32.2. The van der Waals surface area contributed by atoms with E-state index < -0.39 is 10.0 Å². The lowest BCUT2D eigenvalue weighted by atomic mass is 10.2. The van der Waals surface area contributed by atoms with Gasteiger partial charge in [-0.25, -0.2) is 8.42 Å². The SMILES string of the molecule is O=S(=O)(/C=C/c1ccccc1)N1CCCN(Cc2ccco2)CC1. The van der Waals surface area contributed by atoms with Gasteiger partial charge in [-0.05, 0) is 36.7 Å². The van der Waals surface area contributed by atoms with E-state index in [1.807, 2.05) is 42.5 Å². The molecule has 0 unspecified atom stereocenters. The molecule has 2 aromatic rings. The Balaban J connectivity index is 1.61. The normalized spacial score (nSPS) is 18.0. The summed E-state index contributed by atoms with van der Waals surface area (Å²) in [6, 6.07) is 13.3. The zero-order valence-corrected chi connectivity index (χ0v) is 14.4. The molecule has 0 N–H and O–H groups in total. The van der Waals surface area contributed by atoms with Crippen LogP contribution in [0.1, 0.15) is 17.7 Å². The van der Waals surface area contributed by atoms with Gasteiger partial charge in [0.15, 0.2) is 0 Å². The molecule has 0 spiro atoms. The minimum atomic E-state index is -3.39. The van der Waals surface area contributed by atoms with Crippen molar-refractivity contribution in [3.8, 4) is 0 Å². The van der Waals surface area contributed by atoms with Crippen molar-refractivity contribution in [3.63, 3.8) is 0 Å². The predicted octanol–water partition coefficient (Wildman–Crippen LogP) is 2.79. The average molecular weight is 346 g/mol. The number of hydrogen-bond donors (Lipinski definition) is 0. The van der Waals surface area contributed by atoms with Crippen LogP contribution in [0, 0.1) is 0 Å². The van der Waals surface area contributed by atoms with Crippen LogP contribution in [-0.2, 0) is 16.6 Å². The number of benzene rings is 1. The molecule has 24 heavy (non-hydrogen) atoms. The molecule has 1 fully saturated rings. The summed E-state index contributed by atoms with van der Waals surface area (Å²) in [5, 5.41) is 1.31. The number of rotatable bonds is 5. The molecule has 1 aliphatic heterocycles. The molecule has 1 aromatic carbocycles. The lowest BCUT2D eigenvalue weighted by molar-refractivity contribution is 0.255. The van der Waals surface area contributed by atoms with E-state index in [1.165, 1.54) is 5.41 Å². The van der Waals surface area contributed by atoms with Crippen LogP contribution in [0.2, 0.25) is 0 Å². The van der Waals surface area contributed by atoms with Crippen molar-refractivity contribution in [2.24, 2.45) is 0 Å². The highest BCUT2D eigenvalue weighted by Gasteiger charge is 2.23. The first kappa shape index (κ1) is 17.0. The fourth-order valence-corrected chi connectivity index (χ4v) is 4.02. The smallest absolute Gasteiger partial charge is 0.236 e. The molecule has 128 valence electrons. The van der Waals surface area contributed by atoms with E-state index >= 15 is 0 Å². The monoisotopic (exact) mass is 346 g/mol. The maximum atomic E-state index is 12.5. The molecule has 0 radical (unpaired) electrons. The van der Waals surface area contributed by atoms with Crippen LogP contribution in [0.25, 0.3) is 6.08 Å². The molecule has 0 amide bonds. The fourth-order valence-electron chi connectivity index (χ4n) is 2.80. The van der Waals surface area contributed by atoms with Crippen molar-refractivity contribution < 1.29 is 12.8 Å². The molecule has 0 saturated carbocycles. The molecule has 2 heterocycles. The molecule has 1 aliphatic rings. The Bertz CT molecular complexity index is 755. The minimum absolute atomic E-state index is 0.502. The molecule has 0 atom stereocenters. The van der Waals surface area contributed by atoms with Crippen LogP contribution in [0.4, 0.5) is 0 Å². The number of hydrogen-bond acceptors (Lipinski definition) is 4. The van der Waals surface area contributed by atoms with Crippen molar-refractivity contribution in [1.29, 1.82) is 0 Å². The van der Waals surface area contributed by atoms with Crippen LogP contribution >= 0.6 is 0 Å². The summed E-state index contributed by atoms with van der Waals surface area (Å²) in [6.07, 6.45) is 4.14. The van der Waals surface area contributed by atoms with Gasteiger partial charge in [0.2, 0.25) is 10.0 Å². The summed E-state index contributed by atoms with van der Waals surface area (Å²) in [4.78, 5) is 2.23. The lowest BCUT2D eigenvalue weighted by Gasteiger charge is -2.19. The van der Waals surface area contributed by atoms with E-state index in [4.69, 9.17) is 4.42 Å². The van der Waals surface area contributed by atoms with E-state index in [2.05, 4.69) is 4.90 Å². The number of sulfonamides is 1. The van der Waals surface area contributed by atoms with Gasteiger partial charge < -0.3 is 4.42 Å². The van der Waals surface area contributed by atoms with Crippen molar-refractivity contribution in [2.45, 2.75) is 13.0 Å². The second-order valence-electron chi connectivity index (χ2n) is 5.87. The van der Waals surface area contributed by atoms with Gasteiger partial charge in [-0.1, -0.05) is 30.3 Å². The van der Waals surface area contributed by atoms with Gasteiger partial charge >= 0.3 is 0 Å². The largest absolute Gasteiger partial charge is 0.468 e. The molecular formula is C18H22N2O3S. The molecule has 0 aliphatic carbocycles. The average Bonchev–Trinajstić information content (AvgIpc) is 2.98. The first-order chi connectivity index (χ1) is 11.6. The fraction of sp³-hybridized carbons (Fsp3) is 0.333. The topological polar surface area (TPSA) is 53.8 Å². The van der Waals surface area contributed by atoms with Gasteiger partial charge in [0.1, 0.15) is 5.76 Å². The Morgan fingerprint density at radius 3 is 2.58 bits per heavy atom. The van der Waals surface area contributed by atoms with Gasteiger partial charge in [-0.2, -0.15) is 4.31 Å². The quantitative estimate of drug-likeness (QED) is 0.835. The van der Waals surface area contributed by atoms with Crippen LogP contribution in [0.3, 0.4) is 0 Å². The maximum absolute atomic E-state index is 12.5. The highest BCUT2D eigenvalue weighted by molar-refractivity contribution is 7.92. The van der Waals surface area contributed by atoms with Crippen molar-refractivity contribution >= 4 is 16.1 Å². The Kier molecular flexibility index (Phi) is 5.50. The van der Waals surface area contributed by atoms with Crippen molar-refractivity contribution in [3.05, 3.63) is 65.5 Å². The second kappa shape index (κ2) is 7.79. The van der Waals surface area contributed by atoms with Gasteiger partial charge in [0.25, 0.3) is 0 Å². The minimum Gasteiger partial charge on any atom is -0.468 e. The zero-order valence-electron chi connectivity index (χ0n) is 13.5. The van der Waals surface area contributed by atoms with Gasteiger partial charge in [-0.15, -0.1) is 0 Å². The Morgan fingerprint density at radius 2 is 1.83 bits per heavy atom. The second-order valence-corrected chi connectivity index (χ2v) is 7.68. The van der Waals surface area contributed by atoms with Crippen LogP contribution in [0.5, 0.6) is 0 Å². The van der Waals surface area contributed by atoms with Crippen LogP contribution in [0.15, 0.2) is 58.6 Å². The first-order valence-corrected chi connectivity index (χ1v) is 9.62. The van der Waals surface area contributed by atoms with Crippen LogP contribution in [-0.4, -0.2) is 43.8 Å². The Hall–Kier alpha value is -1.89. The number of furan rings is 1. The van der Waals surface area contributed by atoms with Crippen LogP contribution < -0.4 is 0 Å². The molecule has 3 rings (SSSR count). The van der Waals surface area contributed by atoms with E-state index in [-0.39, 0.29) is 0 Å². The first-order valence-electron chi connectivity index (χ1n) is 8.11. The van der Waals surface area contributed by atoms with Gasteiger partial charge in [-0.3, -0.25) is 4.90 Å². The summed E-state index contributed by atoms with van der Waals surface area (Å²) in [5.41, 5.74) is 0.885. The van der Waals surface area contributed by atoms with E-state index in [9.17, 15) is 8.42 Å². The summed E-state index contributed by atoms with van der Waals surface area (Å²) in [6.45, 7) is 3.35. The molecular weight excluding hydrogens is 324 g/mol. The van der Waals surface area contributed by atoms with Crippen molar-refractivity contribution in [1.82, 2.24) is 9.21 Å². The van der Waals surface area contributed by atoms with E-state index in [0.717, 1.165) is 30.8 Å². The summed E-state index contributed by atoms with van der Waals surface area (Å²) in [5.74, 6) is 0.912. The molecule has 5 nitrogen and oxygen atoms in total. The Morgan fingerprint density at radius 1 is 1.00 bits per heavy atom. The maximum Gasteiger partial charge on any atom is 0.236 e. The van der Waals surface area contributed by atoms with E-state index in [1.54, 1.807) is 16.6 Å². The van der Waals surface area contributed by atoms with E-state index in [0.29, 0.717) is 19.6 Å².